The lowest BCUT2D eigenvalue weighted by Crippen LogP contribution is -2.43. The van der Waals surface area contributed by atoms with Crippen molar-refractivity contribution >= 4 is 5.91 Å². The highest BCUT2D eigenvalue weighted by Gasteiger charge is 2.47. The Morgan fingerprint density at radius 3 is 3.00 bits per heavy atom. The highest BCUT2D eigenvalue weighted by molar-refractivity contribution is 5.80. The number of carbonyl (C=O) groups excluding carboxylic acids is 1. The van der Waals surface area contributed by atoms with Crippen molar-refractivity contribution in [2.24, 2.45) is 5.92 Å². The molecule has 6 heteroatoms. The van der Waals surface area contributed by atoms with E-state index in [2.05, 4.69) is 9.97 Å². The average molecular weight is 350 g/mol. The fourth-order valence-corrected chi connectivity index (χ4v) is 4.32. The summed E-state index contributed by atoms with van der Waals surface area (Å²) in [4.78, 5) is 28.3. The van der Waals surface area contributed by atoms with Gasteiger partial charge in [0.1, 0.15) is 0 Å². The van der Waals surface area contributed by atoms with Gasteiger partial charge in [-0.3, -0.25) is 9.78 Å². The Morgan fingerprint density at radius 2 is 2.23 bits per heavy atom. The van der Waals surface area contributed by atoms with Crippen LogP contribution < -0.4 is 0 Å². The van der Waals surface area contributed by atoms with Crippen LogP contribution in [0.3, 0.4) is 0 Å². The van der Waals surface area contributed by atoms with Gasteiger partial charge in [0.15, 0.2) is 5.82 Å². The summed E-state index contributed by atoms with van der Waals surface area (Å²) in [5, 5.41) is 0. The molecule has 0 N–H and O–H groups in total. The quantitative estimate of drug-likeness (QED) is 0.832. The van der Waals surface area contributed by atoms with Crippen molar-refractivity contribution in [3.8, 4) is 11.4 Å². The predicted molar refractivity (Wildman–Crippen MR) is 95.1 cm³/mol. The third kappa shape index (κ3) is 2.51. The molecule has 1 spiro atoms. The molecule has 0 aromatic carbocycles. The minimum atomic E-state index is -0.201. The Morgan fingerprint density at radius 1 is 1.31 bits per heavy atom. The number of nitrogens with zero attached hydrogens (tertiary/aromatic N) is 4. The molecule has 6 nitrogen and oxygen atoms in total. The van der Waals surface area contributed by atoms with Gasteiger partial charge >= 0.3 is 0 Å². The maximum absolute atomic E-state index is 12.7. The minimum absolute atomic E-state index is 0.201. The lowest BCUT2D eigenvalue weighted by atomic mass is 9.80. The van der Waals surface area contributed by atoms with E-state index >= 15 is 0 Å². The fourth-order valence-electron chi connectivity index (χ4n) is 4.32. The van der Waals surface area contributed by atoms with E-state index in [1.54, 1.807) is 12.4 Å². The molecule has 26 heavy (non-hydrogen) atoms. The van der Waals surface area contributed by atoms with Gasteiger partial charge in [0, 0.05) is 48.7 Å². The summed E-state index contributed by atoms with van der Waals surface area (Å²) in [5.41, 5.74) is 2.81. The van der Waals surface area contributed by atoms with E-state index < -0.39 is 0 Å². The van der Waals surface area contributed by atoms with Crippen LogP contribution in [0.4, 0.5) is 0 Å². The molecule has 1 saturated carbocycles. The molecule has 1 aliphatic carbocycles. The zero-order valence-electron chi connectivity index (χ0n) is 14.7. The molecule has 0 radical (unpaired) electrons. The lowest BCUT2D eigenvalue weighted by molar-refractivity contribution is -0.137. The van der Waals surface area contributed by atoms with Crippen LogP contribution in [0.25, 0.3) is 11.4 Å². The fraction of sp³-hybridized carbons (Fsp3) is 0.500. The summed E-state index contributed by atoms with van der Waals surface area (Å²) < 4.78 is 5.88. The number of rotatable bonds is 2. The Bertz CT molecular complexity index is 837. The van der Waals surface area contributed by atoms with Crippen molar-refractivity contribution in [1.82, 2.24) is 19.9 Å². The first kappa shape index (κ1) is 15.9. The van der Waals surface area contributed by atoms with Gasteiger partial charge in [0.25, 0.3) is 0 Å². The minimum Gasteiger partial charge on any atom is -0.376 e. The zero-order chi connectivity index (χ0) is 17.6. The molecule has 1 saturated heterocycles. The first-order valence-corrected chi connectivity index (χ1v) is 9.39. The monoisotopic (exact) mass is 350 g/mol. The molecule has 1 atom stereocenters. The maximum atomic E-state index is 12.7. The van der Waals surface area contributed by atoms with E-state index in [1.807, 2.05) is 23.2 Å². The normalized spacial score (nSPS) is 25.2. The molecule has 2 aromatic rings. The number of ether oxygens (including phenoxy) is 1. The summed E-state index contributed by atoms with van der Waals surface area (Å²) in [5.74, 6) is 1.26. The number of pyridine rings is 1. The molecule has 1 amide bonds. The van der Waals surface area contributed by atoms with Gasteiger partial charge in [-0.05, 0) is 31.4 Å². The number of amides is 1. The van der Waals surface area contributed by atoms with Crippen molar-refractivity contribution in [1.29, 1.82) is 0 Å². The molecular weight excluding hydrogens is 328 g/mol. The lowest BCUT2D eigenvalue weighted by Gasteiger charge is -2.35. The molecule has 2 aliphatic heterocycles. The van der Waals surface area contributed by atoms with Crippen molar-refractivity contribution in [3.63, 3.8) is 0 Å². The molecule has 5 rings (SSSR count). The number of carbonyl (C=O) groups is 1. The maximum Gasteiger partial charge on any atom is 0.225 e. The van der Waals surface area contributed by atoms with Crippen LogP contribution in [0.15, 0.2) is 30.7 Å². The van der Waals surface area contributed by atoms with E-state index in [0.29, 0.717) is 31.5 Å². The van der Waals surface area contributed by atoms with Crippen LogP contribution in [-0.4, -0.2) is 45.5 Å². The second-order valence-corrected chi connectivity index (χ2v) is 7.72. The summed E-state index contributed by atoms with van der Waals surface area (Å²) in [6, 6.07) is 3.87. The van der Waals surface area contributed by atoms with Gasteiger partial charge < -0.3 is 9.64 Å². The number of aromatic nitrogens is 3. The number of hydrogen-bond acceptors (Lipinski definition) is 5. The Hall–Kier alpha value is -2.34. The van der Waals surface area contributed by atoms with E-state index in [-0.39, 0.29) is 11.3 Å². The molecular formula is C20H22N4O2. The Balaban J connectivity index is 1.48. The van der Waals surface area contributed by atoms with E-state index in [9.17, 15) is 4.79 Å². The first-order valence-electron chi connectivity index (χ1n) is 9.39. The largest absolute Gasteiger partial charge is 0.376 e. The topological polar surface area (TPSA) is 68.2 Å². The SMILES string of the molecule is O=C(C1CCC1)N1CC[C@@]2(COCc3cnc(-c4cccnc4)nc32)C1. The second kappa shape index (κ2) is 6.13. The zero-order valence-corrected chi connectivity index (χ0v) is 14.7. The second-order valence-electron chi connectivity index (χ2n) is 7.72. The molecule has 0 bridgehead atoms. The van der Waals surface area contributed by atoms with Crippen molar-refractivity contribution in [3.05, 3.63) is 42.0 Å². The van der Waals surface area contributed by atoms with Crippen LogP contribution >= 0.6 is 0 Å². The van der Waals surface area contributed by atoms with E-state index in [1.165, 1.54) is 6.42 Å². The summed E-state index contributed by atoms with van der Waals surface area (Å²) in [6.45, 7) is 2.67. The van der Waals surface area contributed by atoms with Crippen LogP contribution in [0.1, 0.15) is 36.9 Å². The van der Waals surface area contributed by atoms with Crippen LogP contribution in [0.5, 0.6) is 0 Å². The van der Waals surface area contributed by atoms with Crippen LogP contribution in [-0.2, 0) is 21.6 Å². The molecule has 3 aliphatic rings. The van der Waals surface area contributed by atoms with Gasteiger partial charge in [0.05, 0.1) is 24.3 Å². The first-order chi connectivity index (χ1) is 12.8. The smallest absolute Gasteiger partial charge is 0.225 e. The van der Waals surface area contributed by atoms with Gasteiger partial charge in [-0.1, -0.05) is 6.42 Å². The molecule has 0 unspecified atom stereocenters. The van der Waals surface area contributed by atoms with Crippen molar-refractivity contribution in [2.75, 3.05) is 19.7 Å². The van der Waals surface area contributed by atoms with Gasteiger partial charge in [-0.2, -0.15) is 0 Å². The van der Waals surface area contributed by atoms with Gasteiger partial charge in [0.2, 0.25) is 5.91 Å². The molecule has 2 aromatic heterocycles. The summed E-state index contributed by atoms with van der Waals surface area (Å²) >= 11 is 0. The van der Waals surface area contributed by atoms with Gasteiger partial charge in [-0.25, -0.2) is 9.97 Å². The molecule has 134 valence electrons. The average Bonchev–Trinajstić information content (AvgIpc) is 3.06. The Kier molecular flexibility index (Phi) is 3.74. The van der Waals surface area contributed by atoms with Crippen molar-refractivity contribution in [2.45, 2.75) is 37.7 Å². The van der Waals surface area contributed by atoms with Gasteiger partial charge in [-0.15, -0.1) is 0 Å². The molecule has 4 heterocycles. The van der Waals surface area contributed by atoms with Crippen LogP contribution in [0, 0.1) is 5.92 Å². The molecule has 2 fully saturated rings. The standard InChI is InChI=1S/C20H22N4O2/c25-19(14-3-1-4-14)24-8-6-20(12-24)13-26-11-16-10-22-18(23-17(16)20)15-5-2-7-21-9-15/h2,5,7,9-10,14H,1,3-4,6,8,11-13H2/t20-/m0/s1. The summed E-state index contributed by atoms with van der Waals surface area (Å²) in [7, 11) is 0. The number of hydrogen-bond donors (Lipinski definition) is 0. The predicted octanol–water partition coefficient (Wildman–Crippen LogP) is 2.34. The highest BCUT2D eigenvalue weighted by Crippen LogP contribution is 2.41. The van der Waals surface area contributed by atoms with E-state index in [4.69, 9.17) is 9.72 Å². The van der Waals surface area contributed by atoms with Crippen LogP contribution in [0.2, 0.25) is 0 Å². The number of likely N-dealkylation sites (tertiary alicyclic amines) is 1. The number of fused-ring (bicyclic) bond motifs is 2. The van der Waals surface area contributed by atoms with E-state index in [0.717, 1.165) is 42.6 Å². The third-order valence-electron chi connectivity index (χ3n) is 6.04. The van der Waals surface area contributed by atoms with Crippen molar-refractivity contribution < 1.29 is 9.53 Å². The highest BCUT2D eigenvalue weighted by atomic mass is 16.5. The third-order valence-corrected chi connectivity index (χ3v) is 6.04. The summed E-state index contributed by atoms with van der Waals surface area (Å²) in [6.07, 6.45) is 9.59. The Labute approximate surface area is 152 Å².